The number of rotatable bonds is 5. The number of hydrogen-bond donors (Lipinski definition) is 3. The van der Waals surface area contributed by atoms with E-state index in [9.17, 15) is 24.0 Å². The molecule has 186 valence electrons. The summed E-state index contributed by atoms with van der Waals surface area (Å²) in [5.41, 5.74) is 5.80. The van der Waals surface area contributed by atoms with Gasteiger partial charge < -0.3 is 15.8 Å². The van der Waals surface area contributed by atoms with Crippen LogP contribution in [-0.2, 0) is 29.5 Å². The van der Waals surface area contributed by atoms with E-state index >= 15 is 0 Å². The van der Waals surface area contributed by atoms with Crippen molar-refractivity contribution in [3.05, 3.63) is 52.5 Å². The van der Waals surface area contributed by atoms with Crippen molar-refractivity contribution in [3.8, 4) is 5.75 Å². The molecule has 2 aromatic rings. The standard InChI is InChI=1S/C25H23ClN4O6/c1-11-16(26)8-7-15-21(11)28-24(35)25(15)20-19(17(29-25)9-10-18(27)32)22(33)30(23(20)34)13-3-5-14(6-4-13)36-12(2)31/h3-8,17,19-20,29H,9-10H2,1-2H3,(H2,27,32)(H,28,35). The van der Waals surface area contributed by atoms with Crippen molar-refractivity contribution in [2.24, 2.45) is 17.6 Å². The first-order chi connectivity index (χ1) is 17.1. The van der Waals surface area contributed by atoms with Crippen LogP contribution in [-0.4, -0.2) is 35.6 Å². The maximum Gasteiger partial charge on any atom is 0.308 e. The second-order valence-corrected chi connectivity index (χ2v) is 9.62. The Morgan fingerprint density at radius 3 is 2.44 bits per heavy atom. The Labute approximate surface area is 211 Å². The monoisotopic (exact) mass is 510 g/mol. The van der Waals surface area contributed by atoms with Gasteiger partial charge in [-0.25, -0.2) is 4.90 Å². The summed E-state index contributed by atoms with van der Waals surface area (Å²) in [4.78, 5) is 65.0. The van der Waals surface area contributed by atoms with E-state index < -0.39 is 53.0 Å². The highest BCUT2D eigenvalue weighted by Crippen LogP contribution is 2.55. The molecule has 0 aliphatic carbocycles. The van der Waals surface area contributed by atoms with E-state index in [-0.39, 0.29) is 24.3 Å². The molecule has 2 aromatic carbocycles. The van der Waals surface area contributed by atoms with E-state index in [2.05, 4.69) is 10.6 Å². The zero-order chi connectivity index (χ0) is 25.9. The zero-order valence-corrected chi connectivity index (χ0v) is 20.2. The molecule has 0 aromatic heterocycles. The summed E-state index contributed by atoms with van der Waals surface area (Å²) in [6.45, 7) is 3.02. The molecule has 4 N–H and O–H groups in total. The Hall–Kier alpha value is -3.76. The lowest BCUT2D eigenvalue weighted by Gasteiger charge is -2.29. The molecular weight excluding hydrogens is 488 g/mol. The second kappa shape index (κ2) is 8.42. The van der Waals surface area contributed by atoms with Gasteiger partial charge in [0.25, 0.3) is 0 Å². The number of imide groups is 1. The quantitative estimate of drug-likeness (QED) is 0.315. The first-order valence-electron chi connectivity index (χ1n) is 11.4. The van der Waals surface area contributed by atoms with Gasteiger partial charge in [0.15, 0.2) is 0 Å². The van der Waals surface area contributed by atoms with Crippen molar-refractivity contribution in [2.75, 3.05) is 10.2 Å². The summed E-state index contributed by atoms with van der Waals surface area (Å²) in [6, 6.07) is 8.63. The van der Waals surface area contributed by atoms with E-state index in [4.69, 9.17) is 22.1 Å². The number of carbonyl (C=O) groups is 5. The maximum atomic E-state index is 13.9. The molecule has 2 saturated heterocycles. The van der Waals surface area contributed by atoms with Crippen LogP contribution in [0.2, 0.25) is 5.02 Å². The predicted molar refractivity (Wildman–Crippen MR) is 129 cm³/mol. The highest BCUT2D eigenvalue weighted by Gasteiger charge is 2.70. The van der Waals surface area contributed by atoms with Gasteiger partial charge in [0.1, 0.15) is 11.3 Å². The average molecular weight is 511 g/mol. The smallest absolute Gasteiger partial charge is 0.308 e. The molecule has 1 spiro atoms. The third-order valence-corrected chi connectivity index (χ3v) is 7.55. The number of hydrogen-bond acceptors (Lipinski definition) is 7. The summed E-state index contributed by atoms with van der Waals surface area (Å²) in [5.74, 6) is -4.26. The van der Waals surface area contributed by atoms with E-state index in [0.717, 1.165) is 4.90 Å². The normalized spacial score (nSPS) is 26.2. The van der Waals surface area contributed by atoms with Crippen molar-refractivity contribution in [2.45, 2.75) is 38.3 Å². The number of esters is 1. The van der Waals surface area contributed by atoms with Crippen molar-refractivity contribution in [1.29, 1.82) is 0 Å². The molecule has 0 saturated carbocycles. The maximum absolute atomic E-state index is 13.9. The first kappa shape index (κ1) is 24.0. The molecule has 4 amide bonds. The summed E-state index contributed by atoms with van der Waals surface area (Å²) in [6.07, 6.45) is 0.148. The van der Waals surface area contributed by atoms with Crippen LogP contribution in [0.1, 0.15) is 30.9 Å². The van der Waals surface area contributed by atoms with Crippen molar-refractivity contribution < 1.29 is 28.7 Å². The fraction of sp³-hybridized carbons (Fsp3) is 0.320. The number of fused-ring (bicyclic) bond motifs is 4. The SMILES string of the molecule is CC(=O)Oc1ccc(N2C(=O)C3C(CCC(N)=O)NC4(C(=O)Nc5c4ccc(Cl)c5C)C3C2=O)cc1. The molecule has 10 nitrogen and oxygen atoms in total. The Kier molecular flexibility index (Phi) is 5.60. The summed E-state index contributed by atoms with van der Waals surface area (Å²) in [7, 11) is 0. The number of primary amides is 1. The molecule has 3 aliphatic heterocycles. The lowest BCUT2D eigenvalue weighted by Crippen LogP contribution is -2.53. The molecule has 0 bridgehead atoms. The largest absolute Gasteiger partial charge is 0.427 e. The number of ether oxygens (including phenoxy) is 1. The van der Waals surface area contributed by atoms with Crippen molar-refractivity contribution >= 4 is 52.6 Å². The predicted octanol–water partition coefficient (Wildman–Crippen LogP) is 1.76. The highest BCUT2D eigenvalue weighted by molar-refractivity contribution is 6.32. The minimum Gasteiger partial charge on any atom is -0.427 e. The lowest BCUT2D eigenvalue weighted by atomic mass is 9.76. The lowest BCUT2D eigenvalue weighted by molar-refractivity contribution is -0.132. The van der Waals surface area contributed by atoms with Gasteiger partial charge in [-0.15, -0.1) is 0 Å². The Bertz CT molecular complexity index is 1340. The van der Waals surface area contributed by atoms with Gasteiger partial charge in [-0.3, -0.25) is 29.3 Å². The van der Waals surface area contributed by atoms with E-state index in [1.54, 1.807) is 19.1 Å². The molecule has 2 fully saturated rings. The number of nitrogens with zero attached hydrogens (tertiary/aromatic N) is 1. The second-order valence-electron chi connectivity index (χ2n) is 9.22. The number of benzene rings is 2. The molecule has 3 aliphatic rings. The fourth-order valence-electron chi connectivity index (χ4n) is 5.62. The van der Waals surface area contributed by atoms with Gasteiger partial charge in [-0.05, 0) is 49.2 Å². The molecule has 3 heterocycles. The number of carbonyl (C=O) groups excluding carboxylic acids is 5. The van der Waals surface area contributed by atoms with Gasteiger partial charge in [0.2, 0.25) is 23.6 Å². The van der Waals surface area contributed by atoms with Crippen molar-refractivity contribution in [1.82, 2.24) is 5.32 Å². The summed E-state index contributed by atoms with van der Waals surface area (Å²) in [5, 5.41) is 6.55. The zero-order valence-electron chi connectivity index (χ0n) is 19.5. The van der Waals surface area contributed by atoms with Gasteiger partial charge in [-0.2, -0.15) is 0 Å². The first-order valence-corrected chi connectivity index (χ1v) is 11.8. The van der Waals surface area contributed by atoms with E-state index in [0.29, 0.717) is 21.8 Å². The molecular formula is C25H23ClN4O6. The molecule has 0 radical (unpaired) electrons. The van der Waals surface area contributed by atoms with Gasteiger partial charge in [-0.1, -0.05) is 17.7 Å². The Balaban J connectivity index is 1.60. The topological polar surface area (TPSA) is 148 Å². The minimum atomic E-state index is -1.52. The molecule has 11 heteroatoms. The molecule has 36 heavy (non-hydrogen) atoms. The van der Waals surface area contributed by atoms with Gasteiger partial charge in [0.05, 0.1) is 23.2 Å². The number of nitrogens with two attached hydrogens (primary N) is 1. The van der Waals surface area contributed by atoms with Crippen LogP contribution in [0.5, 0.6) is 5.75 Å². The Morgan fingerprint density at radius 2 is 1.81 bits per heavy atom. The molecule has 5 rings (SSSR count). The number of anilines is 2. The molecule has 4 atom stereocenters. The van der Waals surface area contributed by atoms with E-state index in [1.165, 1.54) is 31.2 Å². The van der Waals surface area contributed by atoms with Crippen LogP contribution in [0.3, 0.4) is 0 Å². The summed E-state index contributed by atoms with van der Waals surface area (Å²) < 4.78 is 5.04. The van der Waals surface area contributed by atoms with Gasteiger partial charge >= 0.3 is 5.97 Å². The van der Waals surface area contributed by atoms with Crippen LogP contribution < -0.4 is 26.0 Å². The average Bonchev–Trinajstić information content (AvgIpc) is 3.40. The number of amides is 4. The number of halogens is 1. The van der Waals surface area contributed by atoms with Crippen LogP contribution in [0.25, 0.3) is 0 Å². The van der Waals surface area contributed by atoms with Crippen LogP contribution in [0.4, 0.5) is 11.4 Å². The third kappa shape index (κ3) is 3.40. The fourth-order valence-corrected chi connectivity index (χ4v) is 5.78. The Morgan fingerprint density at radius 1 is 1.11 bits per heavy atom. The summed E-state index contributed by atoms with van der Waals surface area (Å²) >= 11 is 6.28. The van der Waals surface area contributed by atoms with Gasteiger partial charge in [0, 0.05) is 30.0 Å². The minimum absolute atomic E-state index is 0.0242. The highest BCUT2D eigenvalue weighted by atomic mass is 35.5. The van der Waals surface area contributed by atoms with Crippen LogP contribution >= 0.6 is 11.6 Å². The number of nitrogens with one attached hydrogen (secondary N) is 2. The van der Waals surface area contributed by atoms with E-state index in [1.807, 2.05) is 0 Å². The third-order valence-electron chi connectivity index (χ3n) is 7.14. The molecule has 4 unspecified atom stereocenters. The van der Waals surface area contributed by atoms with Crippen LogP contribution in [0, 0.1) is 18.8 Å². The van der Waals surface area contributed by atoms with Crippen LogP contribution in [0.15, 0.2) is 36.4 Å². The van der Waals surface area contributed by atoms with Crippen molar-refractivity contribution in [3.63, 3.8) is 0 Å².